The standard InChI is InChI=1S/C20H17F2N3O3/c1-27-16-4-2-13(3-5-16)19-23-20(28-24-19)17-6-7-18(26)25(17)11-12-8-14(21)10-15(22)9-12/h2-5,8-10,17H,6-7,11H2,1H3. The van der Waals surface area contributed by atoms with Gasteiger partial charge in [-0.25, -0.2) is 8.78 Å². The van der Waals surface area contributed by atoms with Gasteiger partial charge in [-0.1, -0.05) is 5.16 Å². The Balaban J connectivity index is 1.57. The van der Waals surface area contributed by atoms with Crippen LogP contribution in [-0.2, 0) is 11.3 Å². The third-order valence-corrected chi connectivity index (χ3v) is 4.68. The summed E-state index contributed by atoms with van der Waals surface area (Å²) in [5.74, 6) is -0.0842. The number of methoxy groups -OCH3 is 1. The fraction of sp³-hybridized carbons (Fsp3) is 0.250. The highest BCUT2D eigenvalue weighted by molar-refractivity contribution is 5.78. The molecule has 28 heavy (non-hydrogen) atoms. The second-order valence-corrected chi connectivity index (χ2v) is 6.54. The summed E-state index contributed by atoms with van der Waals surface area (Å²) >= 11 is 0. The number of halogens is 2. The molecule has 1 aliphatic rings. The SMILES string of the molecule is COc1ccc(-c2noc(C3CCC(=O)N3Cc3cc(F)cc(F)c3)n2)cc1. The first-order chi connectivity index (χ1) is 13.5. The smallest absolute Gasteiger partial charge is 0.249 e. The molecule has 0 radical (unpaired) electrons. The van der Waals surface area contributed by atoms with E-state index in [1.54, 1.807) is 31.4 Å². The largest absolute Gasteiger partial charge is 0.497 e. The first-order valence-corrected chi connectivity index (χ1v) is 8.76. The van der Waals surface area contributed by atoms with Crippen molar-refractivity contribution >= 4 is 5.91 Å². The van der Waals surface area contributed by atoms with Crippen LogP contribution in [0, 0.1) is 11.6 Å². The van der Waals surface area contributed by atoms with Crippen molar-refractivity contribution in [3.8, 4) is 17.1 Å². The molecule has 0 bridgehead atoms. The fourth-order valence-electron chi connectivity index (χ4n) is 3.32. The molecule has 1 amide bonds. The Hall–Kier alpha value is -3.29. The molecule has 0 spiro atoms. The van der Waals surface area contributed by atoms with E-state index in [0.717, 1.165) is 11.6 Å². The highest BCUT2D eigenvalue weighted by Crippen LogP contribution is 2.34. The van der Waals surface area contributed by atoms with E-state index < -0.39 is 17.7 Å². The zero-order valence-electron chi connectivity index (χ0n) is 15.1. The molecule has 1 unspecified atom stereocenters. The summed E-state index contributed by atoms with van der Waals surface area (Å²) in [6.45, 7) is 0.0679. The zero-order valence-corrected chi connectivity index (χ0v) is 15.1. The van der Waals surface area contributed by atoms with E-state index in [0.29, 0.717) is 35.9 Å². The van der Waals surface area contributed by atoms with Gasteiger partial charge in [0.1, 0.15) is 23.4 Å². The van der Waals surface area contributed by atoms with Gasteiger partial charge in [-0.15, -0.1) is 0 Å². The second-order valence-electron chi connectivity index (χ2n) is 6.54. The Kier molecular flexibility index (Phi) is 4.77. The lowest BCUT2D eigenvalue weighted by molar-refractivity contribution is -0.130. The van der Waals surface area contributed by atoms with Crippen LogP contribution in [0.25, 0.3) is 11.4 Å². The summed E-state index contributed by atoms with van der Waals surface area (Å²) in [7, 11) is 1.58. The van der Waals surface area contributed by atoms with Crippen molar-refractivity contribution in [2.24, 2.45) is 0 Å². The number of hydrogen-bond donors (Lipinski definition) is 0. The number of nitrogens with zero attached hydrogens (tertiary/aromatic N) is 3. The molecule has 1 atom stereocenters. The number of likely N-dealkylation sites (tertiary alicyclic amines) is 1. The Labute approximate surface area is 159 Å². The normalized spacial score (nSPS) is 16.6. The predicted molar refractivity (Wildman–Crippen MR) is 95.2 cm³/mol. The van der Waals surface area contributed by atoms with Crippen LogP contribution >= 0.6 is 0 Å². The minimum absolute atomic E-state index is 0.0679. The molecule has 6 nitrogen and oxygen atoms in total. The van der Waals surface area contributed by atoms with E-state index in [2.05, 4.69) is 10.1 Å². The molecule has 0 N–H and O–H groups in total. The lowest BCUT2D eigenvalue weighted by Gasteiger charge is -2.22. The van der Waals surface area contributed by atoms with Gasteiger partial charge in [-0.05, 0) is 48.4 Å². The summed E-state index contributed by atoms with van der Waals surface area (Å²) in [5, 5.41) is 4.00. The molecule has 4 rings (SSSR count). The second kappa shape index (κ2) is 7.38. The summed E-state index contributed by atoms with van der Waals surface area (Å²) in [4.78, 5) is 18.2. The maximum Gasteiger partial charge on any atom is 0.249 e. The van der Waals surface area contributed by atoms with Crippen molar-refractivity contribution in [3.05, 3.63) is 65.6 Å². The van der Waals surface area contributed by atoms with Crippen molar-refractivity contribution in [2.75, 3.05) is 7.11 Å². The number of carbonyl (C=O) groups is 1. The Bertz CT molecular complexity index is 984. The minimum Gasteiger partial charge on any atom is -0.497 e. The van der Waals surface area contributed by atoms with Crippen molar-refractivity contribution in [3.63, 3.8) is 0 Å². The molecule has 2 heterocycles. The molecule has 0 saturated carbocycles. The molecule has 144 valence electrons. The van der Waals surface area contributed by atoms with Crippen LogP contribution in [0.5, 0.6) is 5.75 Å². The van der Waals surface area contributed by atoms with Crippen LogP contribution < -0.4 is 4.74 Å². The van der Waals surface area contributed by atoms with Gasteiger partial charge in [0.05, 0.1) is 7.11 Å². The van der Waals surface area contributed by atoms with Crippen LogP contribution in [0.3, 0.4) is 0 Å². The van der Waals surface area contributed by atoms with Gasteiger partial charge in [0, 0.05) is 24.6 Å². The molecule has 2 aromatic carbocycles. The van der Waals surface area contributed by atoms with Crippen molar-refractivity contribution in [1.82, 2.24) is 15.0 Å². The quantitative estimate of drug-likeness (QED) is 0.667. The third-order valence-electron chi connectivity index (χ3n) is 4.68. The van der Waals surface area contributed by atoms with E-state index in [9.17, 15) is 13.6 Å². The monoisotopic (exact) mass is 385 g/mol. The maximum atomic E-state index is 13.5. The van der Waals surface area contributed by atoms with Gasteiger partial charge in [0.2, 0.25) is 17.6 Å². The fourth-order valence-corrected chi connectivity index (χ4v) is 3.32. The molecule has 1 aromatic heterocycles. The zero-order chi connectivity index (χ0) is 19.7. The number of rotatable bonds is 5. The predicted octanol–water partition coefficient (Wildman–Crippen LogP) is 3.89. The average Bonchev–Trinajstić information content (AvgIpc) is 3.29. The molecule has 3 aromatic rings. The topological polar surface area (TPSA) is 68.5 Å². The third kappa shape index (κ3) is 3.58. The summed E-state index contributed by atoms with van der Waals surface area (Å²) in [5.41, 5.74) is 1.12. The van der Waals surface area contributed by atoms with E-state index in [-0.39, 0.29) is 12.5 Å². The van der Waals surface area contributed by atoms with Crippen LogP contribution in [0.2, 0.25) is 0 Å². The first-order valence-electron chi connectivity index (χ1n) is 8.76. The highest BCUT2D eigenvalue weighted by Gasteiger charge is 2.36. The first kappa shape index (κ1) is 18.1. The lowest BCUT2D eigenvalue weighted by Crippen LogP contribution is -2.27. The molecule has 1 saturated heterocycles. The van der Waals surface area contributed by atoms with Crippen LogP contribution in [0.15, 0.2) is 47.0 Å². The van der Waals surface area contributed by atoms with Crippen LogP contribution in [0.4, 0.5) is 8.78 Å². The van der Waals surface area contributed by atoms with Crippen molar-refractivity contribution in [1.29, 1.82) is 0 Å². The number of benzene rings is 2. The molecule has 0 aliphatic carbocycles. The molecular formula is C20H17F2N3O3. The number of hydrogen-bond acceptors (Lipinski definition) is 5. The molecular weight excluding hydrogens is 368 g/mol. The number of aromatic nitrogens is 2. The van der Waals surface area contributed by atoms with Gasteiger partial charge < -0.3 is 14.2 Å². The van der Waals surface area contributed by atoms with Crippen LogP contribution in [0.1, 0.15) is 30.3 Å². The van der Waals surface area contributed by atoms with Gasteiger partial charge in [-0.2, -0.15) is 4.98 Å². The van der Waals surface area contributed by atoms with Crippen molar-refractivity contribution < 1.29 is 22.8 Å². The van der Waals surface area contributed by atoms with Gasteiger partial charge in [-0.3, -0.25) is 4.79 Å². The summed E-state index contributed by atoms with van der Waals surface area (Å²) in [6, 6.07) is 9.97. The number of amides is 1. The van der Waals surface area contributed by atoms with Gasteiger partial charge in [0.15, 0.2) is 0 Å². The van der Waals surface area contributed by atoms with Crippen molar-refractivity contribution in [2.45, 2.75) is 25.4 Å². The Morgan fingerprint density at radius 1 is 1.18 bits per heavy atom. The Morgan fingerprint density at radius 3 is 2.57 bits per heavy atom. The molecule has 8 heteroatoms. The Morgan fingerprint density at radius 2 is 1.89 bits per heavy atom. The summed E-state index contributed by atoms with van der Waals surface area (Å²) < 4.78 is 37.5. The molecule has 1 aliphatic heterocycles. The van der Waals surface area contributed by atoms with Crippen LogP contribution in [-0.4, -0.2) is 28.1 Å². The van der Waals surface area contributed by atoms with E-state index in [4.69, 9.17) is 9.26 Å². The lowest BCUT2D eigenvalue weighted by atomic mass is 10.1. The van der Waals surface area contributed by atoms with E-state index in [1.165, 1.54) is 17.0 Å². The maximum absolute atomic E-state index is 13.5. The molecule has 1 fully saturated rings. The average molecular weight is 385 g/mol. The highest BCUT2D eigenvalue weighted by atomic mass is 19.1. The van der Waals surface area contributed by atoms with E-state index >= 15 is 0 Å². The van der Waals surface area contributed by atoms with Gasteiger partial charge >= 0.3 is 0 Å². The number of carbonyl (C=O) groups excluding carboxylic acids is 1. The summed E-state index contributed by atoms with van der Waals surface area (Å²) in [6.07, 6.45) is 0.809. The van der Waals surface area contributed by atoms with Gasteiger partial charge in [0.25, 0.3) is 0 Å². The number of ether oxygens (including phenoxy) is 1. The minimum atomic E-state index is -0.683. The van der Waals surface area contributed by atoms with E-state index in [1.807, 2.05) is 0 Å².